The first kappa shape index (κ1) is 12.3. The second kappa shape index (κ2) is 4.56. The van der Waals surface area contributed by atoms with Crippen LogP contribution in [0.2, 0.25) is 0 Å². The van der Waals surface area contributed by atoms with Crippen molar-refractivity contribution in [2.45, 2.75) is 13.1 Å². The molecule has 21 heavy (non-hydrogen) atoms. The van der Waals surface area contributed by atoms with Crippen molar-refractivity contribution < 1.29 is 4.79 Å². The lowest BCUT2D eigenvalue weighted by molar-refractivity contribution is 0.0766. The molecular weight excluding hydrogens is 282 g/mol. The maximum Gasteiger partial charge on any atom is 0.254 e. The second-order valence-electron chi connectivity index (χ2n) is 5.15. The Labute approximate surface area is 125 Å². The van der Waals surface area contributed by atoms with Crippen molar-refractivity contribution in [3.8, 4) is 0 Å². The molecule has 2 N–H and O–H groups in total. The number of carbonyl (C=O) groups excluding carboxylic acids is 1. The van der Waals surface area contributed by atoms with Gasteiger partial charge in [-0.15, -0.1) is 11.3 Å². The van der Waals surface area contributed by atoms with E-state index in [-0.39, 0.29) is 5.91 Å². The highest BCUT2D eigenvalue weighted by Crippen LogP contribution is 2.28. The third kappa shape index (κ3) is 2.06. The number of carbonyl (C=O) groups is 1. The molecule has 2 aromatic carbocycles. The molecule has 0 unspecified atom stereocenters. The van der Waals surface area contributed by atoms with E-state index in [4.69, 9.17) is 5.73 Å². The number of nitrogen functional groups attached to an aromatic ring is 1. The summed E-state index contributed by atoms with van der Waals surface area (Å²) in [5.41, 5.74) is 9.14. The summed E-state index contributed by atoms with van der Waals surface area (Å²) in [6, 6.07) is 13.6. The van der Waals surface area contributed by atoms with Crippen molar-refractivity contribution >= 4 is 33.1 Å². The molecule has 1 aromatic heterocycles. The lowest BCUT2D eigenvalue weighted by atomic mass is 10.1. The van der Waals surface area contributed by atoms with E-state index in [0.717, 1.165) is 26.4 Å². The van der Waals surface area contributed by atoms with Gasteiger partial charge < -0.3 is 10.6 Å². The molecule has 0 radical (unpaired) electrons. The third-order valence-electron chi connectivity index (χ3n) is 3.68. The van der Waals surface area contributed by atoms with E-state index in [1.165, 1.54) is 0 Å². The van der Waals surface area contributed by atoms with Crippen molar-refractivity contribution in [1.82, 2.24) is 9.88 Å². The first-order valence-corrected chi connectivity index (χ1v) is 7.54. The molecule has 0 aliphatic carbocycles. The molecule has 0 spiro atoms. The van der Waals surface area contributed by atoms with E-state index in [2.05, 4.69) is 11.1 Å². The maximum atomic E-state index is 12.4. The van der Waals surface area contributed by atoms with Crippen molar-refractivity contribution in [3.63, 3.8) is 0 Å². The average molecular weight is 295 g/mol. The molecule has 1 amide bonds. The quantitative estimate of drug-likeness (QED) is 0.739. The number of para-hydroxylation sites is 1. The van der Waals surface area contributed by atoms with E-state index >= 15 is 0 Å². The summed E-state index contributed by atoms with van der Waals surface area (Å²) in [6.45, 7) is 1.18. The molecule has 4 nitrogen and oxygen atoms in total. The van der Waals surface area contributed by atoms with Crippen LogP contribution >= 0.6 is 11.3 Å². The molecule has 0 fully saturated rings. The molecular formula is C16H13N3OS. The zero-order chi connectivity index (χ0) is 14.4. The number of anilines is 1. The second-order valence-corrected chi connectivity index (χ2v) is 6.27. The molecule has 1 aliphatic heterocycles. The van der Waals surface area contributed by atoms with Crippen LogP contribution in [0.5, 0.6) is 0 Å². The van der Waals surface area contributed by atoms with Gasteiger partial charge in [-0.3, -0.25) is 4.79 Å². The summed E-state index contributed by atoms with van der Waals surface area (Å²) in [4.78, 5) is 18.8. The van der Waals surface area contributed by atoms with Gasteiger partial charge in [-0.1, -0.05) is 18.2 Å². The Morgan fingerprint density at radius 1 is 1.24 bits per heavy atom. The minimum Gasteiger partial charge on any atom is -0.399 e. The number of benzene rings is 2. The zero-order valence-corrected chi connectivity index (χ0v) is 12.1. The van der Waals surface area contributed by atoms with Gasteiger partial charge in [-0.2, -0.15) is 0 Å². The lowest BCUT2D eigenvalue weighted by Gasteiger charge is -2.13. The van der Waals surface area contributed by atoms with Crippen molar-refractivity contribution in [2.24, 2.45) is 0 Å². The van der Waals surface area contributed by atoms with Gasteiger partial charge in [0.2, 0.25) is 0 Å². The number of aromatic nitrogens is 1. The van der Waals surface area contributed by atoms with Crippen LogP contribution in [0.3, 0.4) is 0 Å². The van der Waals surface area contributed by atoms with E-state index in [9.17, 15) is 4.79 Å². The minimum atomic E-state index is 0.0385. The van der Waals surface area contributed by atoms with E-state index < -0.39 is 0 Å². The molecule has 1 aliphatic rings. The molecule has 2 heterocycles. The van der Waals surface area contributed by atoms with E-state index in [0.29, 0.717) is 18.8 Å². The summed E-state index contributed by atoms with van der Waals surface area (Å²) in [6.07, 6.45) is 0. The Balaban J connectivity index is 1.63. The number of nitrogens with zero attached hydrogens (tertiary/aromatic N) is 2. The van der Waals surface area contributed by atoms with E-state index in [1.807, 2.05) is 35.2 Å². The van der Waals surface area contributed by atoms with Gasteiger partial charge in [0, 0.05) is 17.8 Å². The molecule has 0 atom stereocenters. The highest BCUT2D eigenvalue weighted by Gasteiger charge is 2.28. The van der Waals surface area contributed by atoms with Crippen molar-refractivity contribution in [1.29, 1.82) is 0 Å². The van der Waals surface area contributed by atoms with Gasteiger partial charge in [-0.05, 0) is 29.8 Å². The number of nitrogens with two attached hydrogens (primary N) is 1. The van der Waals surface area contributed by atoms with Crippen LogP contribution in [0, 0.1) is 0 Å². The minimum absolute atomic E-state index is 0.0385. The van der Waals surface area contributed by atoms with Gasteiger partial charge in [-0.25, -0.2) is 4.98 Å². The third-order valence-corrected chi connectivity index (χ3v) is 4.70. The normalized spacial score (nSPS) is 13.9. The predicted molar refractivity (Wildman–Crippen MR) is 84.1 cm³/mol. The summed E-state index contributed by atoms with van der Waals surface area (Å²) >= 11 is 1.64. The molecule has 4 rings (SSSR count). The molecule has 104 valence electrons. The van der Waals surface area contributed by atoms with Crippen LogP contribution in [-0.2, 0) is 13.1 Å². The summed E-state index contributed by atoms with van der Waals surface area (Å²) < 4.78 is 1.15. The number of amides is 1. The van der Waals surface area contributed by atoms with Crippen LogP contribution < -0.4 is 5.73 Å². The molecule has 5 heteroatoms. The largest absolute Gasteiger partial charge is 0.399 e. The SMILES string of the molecule is Nc1ccc2c(c1)C(=O)N(Cc1nc3ccccc3s1)C2. The van der Waals surface area contributed by atoms with Crippen molar-refractivity contribution in [3.05, 3.63) is 58.6 Å². The maximum absolute atomic E-state index is 12.4. The van der Waals surface area contributed by atoms with Gasteiger partial charge in [0.15, 0.2) is 0 Å². The highest BCUT2D eigenvalue weighted by molar-refractivity contribution is 7.18. The van der Waals surface area contributed by atoms with E-state index in [1.54, 1.807) is 17.4 Å². The highest BCUT2D eigenvalue weighted by atomic mass is 32.1. The molecule has 3 aromatic rings. The van der Waals surface area contributed by atoms with Crippen LogP contribution in [0.15, 0.2) is 42.5 Å². The van der Waals surface area contributed by atoms with Gasteiger partial charge in [0.25, 0.3) is 5.91 Å². The lowest BCUT2D eigenvalue weighted by Crippen LogP contribution is -2.23. The summed E-state index contributed by atoms with van der Waals surface area (Å²) in [5.74, 6) is 0.0385. The fraction of sp³-hybridized carbons (Fsp3) is 0.125. The predicted octanol–water partition coefficient (Wildman–Crippen LogP) is 3.03. The molecule has 0 saturated heterocycles. The average Bonchev–Trinajstić information content (AvgIpc) is 3.01. The zero-order valence-electron chi connectivity index (χ0n) is 11.2. The number of thiazole rings is 1. The van der Waals surface area contributed by atoms with Gasteiger partial charge in [0.1, 0.15) is 5.01 Å². The number of hydrogen-bond acceptors (Lipinski definition) is 4. The van der Waals surface area contributed by atoms with Crippen LogP contribution in [0.25, 0.3) is 10.2 Å². The Bertz CT molecular complexity index is 823. The Morgan fingerprint density at radius 2 is 2.10 bits per heavy atom. The first-order chi connectivity index (χ1) is 10.2. The fourth-order valence-electron chi connectivity index (χ4n) is 2.66. The fourth-order valence-corrected chi connectivity index (χ4v) is 3.64. The number of fused-ring (bicyclic) bond motifs is 2. The molecule has 0 bridgehead atoms. The van der Waals surface area contributed by atoms with Crippen LogP contribution in [-0.4, -0.2) is 15.8 Å². The molecule has 0 saturated carbocycles. The number of rotatable bonds is 2. The van der Waals surface area contributed by atoms with Crippen LogP contribution in [0.4, 0.5) is 5.69 Å². The van der Waals surface area contributed by atoms with Crippen LogP contribution in [0.1, 0.15) is 20.9 Å². The first-order valence-electron chi connectivity index (χ1n) is 6.73. The van der Waals surface area contributed by atoms with Gasteiger partial charge >= 0.3 is 0 Å². The Kier molecular flexibility index (Phi) is 2.68. The summed E-state index contributed by atoms with van der Waals surface area (Å²) in [7, 11) is 0. The Morgan fingerprint density at radius 3 is 2.95 bits per heavy atom. The standard InChI is InChI=1S/C16H13N3OS/c17-11-6-5-10-8-19(16(20)12(10)7-11)9-15-18-13-3-1-2-4-14(13)21-15/h1-7H,8-9,17H2. The monoisotopic (exact) mass is 295 g/mol. The smallest absolute Gasteiger partial charge is 0.254 e. The topological polar surface area (TPSA) is 59.2 Å². The van der Waals surface area contributed by atoms with Crippen molar-refractivity contribution in [2.75, 3.05) is 5.73 Å². The number of hydrogen-bond donors (Lipinski definition) is 1. The van der Waals surface area contributed by atoms with Gasteiger partial charge in [0.05, 0.1) is 16.8 Å². The Hall–Kier alpha value is -2.40. The summed E-state index contributed by atoms with van der Waals surface area (Å²) in [5, 5.41) is 0.963.